The van der Waals surface area contributed by atoms with E-state index in [1.165, 1.54) is 18.6 Å². The van der Waals surface area contributed by atoms with E-state index in [9.17, 15) is 14.9 Å². The molecule has 0 aliphatic rings. The summed E-state index contributed by atoms with van der Waals surface area (Å²) in [4.78, 5) is 29.8. The molecule has 3 heterocycles. The van der Waals surface area contributed by atoms with Gasteiger partial charge in [-0.2, -0.15) is 0 Å². The number of H-pyrrole nitrogens is 1. The molecule has 0 saturated heterocycles. The Morgan fingerprint density at radius 3 is 2.84 bits per heavy atom. The summed E-state index contributed by atoms with van der Waals surface area (Å²) in [7, 11) is 0. The van der Waals surface area contributed by atoms with Crippen molar-refractivity contribution in [2.75, 3.05) is 0 Å². The molecular weight excluding hydrogens is 326 g/mol. The van der Waals surface area contributed by atoms with Crippen LogP contribution in [0.3, 0.4) is 0 Å². The fourth-order valence-corrected chi connectivity index (χ4v) is 2.89. The normalized spacial score (nSPS) is 11.4. The number of rotatable bonds is 4. The van der Waals surface area contributed by atoms with Gasteiger partial charge in [0.05, 0.1) is 22.3 Å². The van der Waals surface area contributed by atoms with Crippen molar-refractivity contribution >= 4 is 22.4 Å². The topological polar surface area (TPSA) is 124 Å². The second kappa shape index (κ2) is 5.51. The van der Waals surface area contributed by atoms with Crippen LogP contribution in [0.15, 0.2) is 35.6 Å². The number of nitro groups is 1. The van der Waals surface area contributed by atoms with Crippen LogP contribution in [0.2, 0.25) is 0 Å². The molecule has 0 radical (unpaired) electrons. The first kappa shape index (κ1) is 15.0. The Bertz CT molecular complexity index is 1160. The number of aryl methyl sites for hydroxylation is 1. The third-order valence-electron chi connectivity index (χ3n) is 3.97. The van der Waals surface area contributed by atoms with Crippen molar-refractivity contribution in [2.45, 2.75) is 19.8 Å². The number of fused-ring (bicyclic) bond motifs is 3. The Labute approximate surface area is 139 Å². The molecule has 4 aromatic rings. The number of benzene rings is 1. The van der Waals surface area contributed by atoms with Crippen molar-refractivity contribution in [3.63, 3.8) is 0 Å². The molecule has 0 fully saturated rings. The van der Waals surface area contributed by atoms with Crippen LogP contribution in [0.5, 0.6) is 0 Å². The minimum absolute atomic E-state index is 0.134. The molecule has 0 aliphatic carbocycles. The lowest BCUT2D eigenvalue weighted by molar-refractivity contribution is -0.384. The van der Waals surface area contributed by atoms with Gasteiger partial charge in [0.2, 0.25) is 5.65 Å². The maximum atomic E-state index is 12.2. The first-order chi connectivity index (χ1) is 12.1. The second-order valence-corrected chi connectivity index (χ2v) is 5.56. The monoisotopic (exact) mass is 339 g/mol. The van der Waals surface area contributed by atoms with Crippen LogP contribution in [-0.2, 0) is 6.42 Å². The van der Waals surface area contributed by atoms with E-state index in [2.05, 4.69) is 20.2 Å². The van der Waals surface area contributed by atoms with E-state index in [4.69, 9.17) is 0 Å². The molecule has 1 aromatic carbocycles. The molecule has 0 spiro atoms. The minimum atomic E-state index is -0.490. The zero-order valence-corrected chi connectivity index (χ0v) is 13.2. The fraction of sp³-hybridized carbons (Fsp3) is 0.200. The smallest absolute Gasteiger partial charge is 0.295 e. The number of hydrogen-bond acceptors (Lipinski definition) is 6. The van der Waals surface area contributed by atoms with Gasteiger partial charge in [-0.25, -0.2) is 4.98 Å². The predicted octanol–water partition coefficient (Wildman–Crippen LogP) is 1.62. The van der Waals surface area contributed by atoms with Crippen LogP contribution in [0.1, 0.15) is 19.2 Å². The molecule has 0 amide bonds. The lowest BCUT2D eigenvalue weighted by Gasteiger charge is -2.08. The van der Waals surface area contributed by atoms with E-state index < -0.39 is 10.5 Å². The van der Waals surface area contributed by atoms with Crippen molar-refractivity contribution in [3.05, 3.63) is 57.1 Å². The standard InChI is InChI=1S/C15H13N7O3/c1-2-3-13-18-19-14-15(23)17-9-6-12(22(24)25)11(7-10(9)21(13)14)20-5-4-16-8-20/h4-8H,2-3H2,1H3,(H,17,23). The third kappa shape index (κ3) is 2.26. The van der Waals surface area contributed by atoms with Gasteiger partial charge in [0, 0.05) is 24.9 Å². The van der Waals surface area contributed by atoms with Gasteiger partial charge in [0.25, 0.3) is 11.2 Å². The minimum Gasteiger partial charge on any atom is -0.317 e. The number of nitro benzene ring substituents is 1. The van der Waals surface area contributed by atoms with Crippen molar-refractivity contribution in [2.24, 2.45) is 0 Å². The Hall–Kier alpha value is -3.56. The largest absolute Gasteiger partial charge is 0.317 e. The molecule has 4 rings (SSSR count). The van der Waals surface area contributed by atoms with E-state index in [1.54, 1.807) is 21.2 Å². The lowest BCUT2D eigenvalue weighted by atomic mass is 10.2. The molecule has 126 valence electrons. The summed E-state index contributed by atoms with van der Waals surface area (Å²) < 4.78 is 3.21. The molecule has 0 bridgehead atoms. The van der Waals surface area contributed by atoms with Crippen molar-refractivity contribution in [1.82, 2.24) is 29.1 Å². The third-order valence-corrected chi connectivity index (χ3v) is 3.97. The maximum absolute atomic E-state index is 12.2. The number of aromatic nitrogens is 6. The van der Waals surface area contributed by atoms with E-state index >= 15 is 0 Å². The zero-order valence-electron chi connectivity index (χ0n) is 13.2. The molecule has 10 heteroatoms. The number of aromatic amines is 1. The van der Waals surface area contributed by atoms with Crippen LogP contribution in [-0.4, -0.2) is 34.1 Å². The van der Waals surface area contributed by atoms with E-state index in [0.29, 0.717) is 29.0 Å². The summed E-state index contributed by atoms with van der Waals surface area (Å²) in [6.45, 7) is 2.00. The van der Waals surface area contributed by atoms with E-state index in [0.717, 1.165) is 6.42 Å². The van der Waals surface area contributed by atoms with Gasteiger partial charge < -0.3 is 9.55 Å². The van der Waals surface area contributed by atoms with Gasteiger partial charge in [-0.1, -0.05) is 6.92 Å². The molecule has 25 heavy (non-hydrogen) atoms. The van der Waals surface area contributed by atoms with Gasteiger partial charge in [-0.05, 0) is 12.5 Å². The lowest BCUT2D eigenvalue weighted by Crippen LogP contribution is -2.13. The quantitative estimate of drug-likeness (QED) is 0.445. The SMILES string of the molecule is CCCc1nnc2c(=O)[nH]c3cc([N+](=O)[O-])c(-n4ccnc4)cc3n12. The van der Waals surface area contributed by atoms with Gasteiger partial charge in [0.1, 0.15) is 11.5 Å². The second-order valence-electron chi connectivity index (χ2n) is 5.56. The van der Waals surface area contributed by atoms with Crippen molar-refractivity contribution in [3.8, 4) is 5.69 Å². The molecule has 10 nitrogen and oxygen atoms in total. The van der Waals surface area contributed by atoms with Crippen LogP contribution in [0.25, 0.3) is 22.4 Å². The highest BCUT2D eigenvalue weighted by molar-refractivity contribution is 5.84. The first-order valence-electron chi connectivity index (χ1n) is 7.67. The summed E-state index contributed by atoms with van der Waals surface area (Å²) >= 11 is 0. The Morgan fingerprint density at radius 1 is 1.32 bits per heavy atom. The molecule has 0 atom stereocenters. The number of hydrogen-bond donors (Lipinski definition) is 1. The van der Waals surface area contributed by atoms with Crippen LogP contribution in [0, 0.1) is 10.1 Å². The van der Waals surface area contributed by atoms with Crippen molar-refractivity contribution in [1.29, 1.82) is 0 Å². The predicted molar refractivity (Wildman–Crippen MR) is 88.9 cm³/mol. The molecule has 0 aliphatic heterocycles. The highest BCUT2D eigenvalue weighted by atomic mass is 16.6. The van der Waals surface area contributed by atoms with Gasteiger partial charge in [-0.3, -0.25) is 19.3 Å². The molecule has 0 unspecified atom stereocenters. The summed E-state index contributed by atoms with van der Waals surface area (Å²) in [5.74, 6) is 0.638. The Balaban J connectivity index is 2.15. The molecule has 1 N–H and O–H groups in total. The van der Waals surface area contributed by atoms with Gasteiger partial charge in [0.15, 0.2) is 0 Å². The summed E-state index contributed by atoms with van der Waals surface area (Å²) in [5, 5.41) is 19.5. The fourth-order valence-electron chi connectivity index (χ4n) is 2.89. The van der Waals surface area contributed by atoms with Gasteiger partial charge in [-0.15, -0.1) is 10.2 Å². The zero-order chi connectivity index (χ0) is 17.6. The number of imidazole rings is 1. The van der Waals surface area contributed by atoms with Gasteiger partial charge >= 0.3 is 0 Å². The maximum Gasteiger partial charge on any atom is 0.295 e. The Morgan fingerprint density at radius 2 is 2.16 bits per heavy atom. The summed E-state index contributed by atoms with van der Waals surface area (Å²) in [6, 6.07) is 2.99. The average Bonchev–Trinajstić information content (AvgIpc) is 3.24. The van der Waals surface area contributed by atoms with Crippen molar-refractivity contribution < 1.29 is 4.92 Å². The number of nitrogens with one attached hydrogen (secondary N) is 1. The van der Waals surface area contributed by atoms with Crippen LogP contribution >= 0.6 is 0 Å². The van der Waals surface area contributed by atoms with Crippen LogP contribution in [0.4, 0.5) is 5.69 Å². The highest BCUT2D eigenvalue weighted by Gasteiger charge is 2.20. The highest BCUT2D eigenvalue weighted by Crippen LogP contribution is 2.28. The average molecular weight is 339 g/mol. The van der Waals surface area contributed by atoms with Crippen LogP contribution < -0.4 is 5.56 Å². The summed E-state index contributed by atoms with van der Waals surface area (Å²) in [5.41, 5.74) is 0.890. The van der Waals surface area contributed by atoms with E-state index in [1.807, 2.05) is 6.92 Å². The number of nitrogens with zero attached hydrogens (tertiary/aromatic N) is 6. The first-order valence-corrected chi connectivity index (χ1v) is 7.67. The molecule has 3 aromatic heterocycles. The Kier molecular flexibility index (Phi) is 3.31. The molecular formula is C15H13N7O3. The summed E-state index contributed by atoms with van der Waals surface area (Å²) in [6.07, 6.45) is 6.11. The van der Waals surface area contributed by atoms with E-state index in [-0.39, 0.29) is 11.3 Å². The molecule has 0 saturated carbocycles.